The maximum Gasteiger partial charge on any atom is 0.287 e. The maximum atomic E-state index is 12.4. The van der Waals surface area contributed by atoms with Crippen molar-refractivity contribution in [1.29, 1.82) is 0 Å². The lowest BCUT2D eigenvalue weighted by Gasteiger charge is -2.04. The number of furan rings is 1. The van der Waals surface area contributed by atoms with Crippen LogP contribution in [0.15, 0.2) is 70.0 Å². The van der Waals surface area contributed by atoms with Gasteiger partial charge in [0.2, 0.25) is 0 Å². The van der Waals surface area contributed by atoms with Gasteiger partial charge in [0.1, 0.15) is 5.76 Å². The molecule has 0 aliphatic rings. The van der Waals surface area contributed by atoms with Crippen LogP contribution < -0.4 is 5.32 Å². The third kappa shape index (κ3) is 5.70. The molecule has 1 atom stereocenters. The molecule has 27 heavy (non-hydrogen) atoms. The first-order valence-corrected chi connectivity index (χ1v) is 10.3. The van der Waals surface area contributed by atoms with Crippen LogP contribution in [-0.4, -0.2) is 16.7 Å². The topological polar surface area (TPSA) is 59.3 Å². The fourth-order valence-electron chi connectivity index (χ4n) is 2.43. The maximum absolute atomic E-state index is 12.4. The van der Waals surface area contributed by atoms with Gasteiger partial charge in [0.25, 0.3) is 5.91 Å². The minimum absolute atomic E-state index is 0.194. The molecule has 1 amide bonds. The molecule has 0 aliphatic heterocycles. The van der Waals surface area contributed by atoms with Crippen molar-refractivity contribution in [1.82, 2.24) is 5.32 Å². The van der Waals surface area contributed by atoms with Gasteiger partial charge in [0, 0.05) is 21.5 Å². The van der Waals surface area contributed by atoms with Gasteiger partial charge in [-0.05, 0) is 60.5 Å². The van der Waals surface area contributed by atoms with Gasteiger partial charge in [0.05, 0.1) is 16.6 Å². The van der Waals surface area contributed by atoms with Crippen molar-refractivity contribution in [3.05, 3.63) is 87.8 Å². The first kappa shape index (κ1) is 19.7. The molecular weight excluding hydrogens is 405 g/mol. The Morgan fingerprint density at radius 1 is 0.926 bits per heavy atom. The van der Waals surface area contributed by atoms with Crippen LogP contribution in [-0.2, 0) is 23.0 Å². The van der Waals surface area contributed by atoms with E-state index in [2.05, 4.69) is 5.32 Å². The first-order chi connectivity index (χ1) is 13.0. The van der Waals surface area contributed by atoms with Gasteiger partial charge in [-0.3, -0.25) is 9.00 Å². The lowest BCUT2D eigenvalue weighted by molar-refractivity contribution is 0.0925. The molecule has 0 unspecified atom stereocenters. The summed E-state index contributed by atoms with van der Waals surface area (Å²) in [7, 11) is -1.27. The van der Waals surface area contributed by atoms with E-state index in [0.29, 0.717) is 33.7 Å². The number of amides is 1. The smallest absolute Gasteiger partial charge is 0.287 e. The van der Waals surface area contributed by atoms with E-state index in [1.54, 1.807) is 36.4 Å². The van der Waals surface area contributed by atoms with Gasteiger partial charge in [-0.25, -0.2) is 0 Å². The van der Waals surface area contributed by atoms with E-state index < -0.39 is 10.8 Å². The molecule has 1 N–H and O–H groups in total. The summed E-state index contributed by atoms with van der Waals surface area (Å²) in [6.45, 7) is 0.479. The van der Waals surface area contributed by atoms with Crippen molar-refractivity contribution in [3.8, 4) is 0 Å². The predicted molar refractivity (Wildman–Crippen MR) is 108 cm³/mol. The lowest BCUT2D eigenvalue weighted by Crippen LogP contribution is -2.25. The molecular formula is C20H17Cl2NO3S. The quantitative estimate of drug-likeness (QED) is 0.591. The molecule has 3 aromatic rings. The van der Waals surface area contributed by atoms with Crippen molar-refractivity contribution >= 4 is 39.9 Å². The summed E-state index contributed by atoms with van der Waals surface area (Å²) in [6, 6.07) is 17.5. The Morgan fingerprint density at radius 3 is 2.22 bits per heavy atom. The Labute approximate surface area is 169 Å². The summed E-state index contributed by atoms with van der Waals surface area (Å²) in [4.78, 5) is 12.8. The molecule has 0 fully saturated rings. The Hall–Kier alpha value is -2.08. The Kier molecular flexibility index (Phi) is 6.72. The monoisotopic (exact) mass is 421 g/mol. The molecule has 7 heteroatoms. The van der Waals surface area contributed by atoms with Gasteiger partial charge >= 0.3 is 0 Å². The van der Waals surface area contributed by atoms with Crippen LogP contribution in [0.5, 0.6) is 0 Å². The van der Waals surface area contributed by atoms with Crippen LogP contribution in [0.2, 0.25) is 10.0 Å². The molecule has 0 saturated carbocycles. The van der Waals surface area contributed by atoms with Gasteiger partial charge < -0.3 is 9.73 Å². The van der Waals surface area contributed by atoms with Gasteiger partial charge in [0.15, 0.2) is 5.76 Å². The highest BCUT2D eigenvalue weighted by Crippen LogP contribution is 2.17. The minimum atomic E-state index is -1.27. The van der Waals surface area contributed by atoms with E-state index >= 15 is 0 Å². The SMILES string of the molecule is O=C(NCCc1ccc(Cl)cc1)c1ccc(C[S@@](=O)c2ccc(Cl)cc2)o1. The van der Waals surface area contributed by atoms with Crippen LogP contribution in [0.1, 0.15) is 21.9 Å². The van der Waals surface area contributed by atoms with E-state index in [4.69, 9.17) is 27.6 Å². The average molecular weight is 422 g/mol. The Balaban J connectivity index is 1.51. The van der Waals surface area contributed by atoms with E-state index in [9.17, 15) is 9.00 Å². The third-order valence-corrected chi connectivity index (χ3v) is 5.70. The zero-order valence-corrected chi connectivity index (χ0v) is 16.6. The van der Waals surface area contributed by atoms with Crippen LogP contribution in [0.3, 0.4) is 0 Å². The summed E-state index contributed by atoms with van der Waals surface area (Å²) in [6.07, 6.45) is 0.692. The molecule has 0 spiro atoms. The number of carbonyl (C=O) groups excluding carboxylic acids is 1. The summed E-state index contributed by atoms with van der Waals surface area (Å²) in [5.74, 6) is 0.590. The number of hydrogen-bond donors (Lipinski definition) is 1. The van der Waals surface area contributed by atoms with Crippen LogP contribution in [0.4, 0.5) is 0 Å². The average Bonchev–Trinajstić information content (AvgIpc) is 3.12. The third-order valence-electron chi connectivity index (χ3n) is 3.85. The second-order valence-corrected chi connectivity index (χ2v) is 8.17. The van der Waals surface area contributed by atoms with Gasteiger partial charge in [-0.2, -0.15) is 0 Å². The zero-order valence-electron chi connectivity index (χ0n) is 14.3. The second kappa shape index (κ2) is 9.22. The molecule has 140 valence electrons. The molecule has 1 aromatic heterocycles. The van der Waals surface area contributed by atoms with Crippen LogP contribution >= 0.6 is 23.2 Å². The lowest BCUT2D eigenvalue weighted by atomic mass is 10.1. The molecule has 1 heterocycles. The standard InChI is InChI=1S/C20H17Cl2NO3S/c21-15-3-1-14(2-4-15)11-12-23-20(24)19-10-7-17(26-19)13-27(25)18-8-5-16(22)6-9-18/h1-10H,11-13H2,(H,23,24)/t27-/m1/s1. The van der Waals surface area contributed by atoms with Crippen molar-refractivity contribution in [2.75, 3.05) is 6.54 Å². The van der Waals surface area contributed by atoms with E-state index in [-0.39, 0.29) is 17.4 Å². The van der Waals surface area contributed by atoms with Crippen molar-refractivity contribution in [2.45, 2.75) is 17.1 Å². The van der Waals surface area contributed by atoms with Crippen molar-refractivity contribution < 1.29 is 13.4 Å². The molecule has 0 aliphatic carbocycles. The summed E-state index contributed by atoms with van der Waals surface area (Å²) >= 11 is 11.7. The first-order valence-electron chi connectivity index (χ1n) is 8.26. The fraction of sp³-hybridized carbons (Fsp3) is 0.150. The van der Waals surface area contributed by atoms with Crippen LogP contribution in [0, 0.1) is 0 Å². The molecule has 4 nitrogen and oxygen atoms in total. The molecule has 0 radical (unpaired) electrons. The molecule has 2 aromatic carbocycles. The number of halogens is 2. The van der Waals surface area contributed by atoms with E-state index in [1.807, 2.05) is 24.3 Å². The highest BCUT2D eigenvalue weighted by molar-refractivity contribution is 7.84. The van der Waals surface area contributed by atoms with E-state index in [1.165, 1.54) is 0 Å². The highest BCUT2D eigenvalue weighted by Gasteiger charge is 2.13. The predicted octanol–water partition coefficient (Wildman–Crippen LogP) is 4.87. The zero-order chi connectivity index (χ0) is 19.2. The van der Waals surface area contributed by atoms with Gasteiger partial charge in [-0.15, -0.1) is 0 Å². The van der Waals surface area contributed by atoms with Crippen molar-refractivity contribution in [2.24, 2.45) is 0 Å². The van der Waals surface area contributed by atoms with Crippen molar-refractivity contribution in [3.63, 3.8) is 0 Å². The summed E-state index contributed by atoms with van der Waals surface area (Å²) < 4.78 is 17.9. The minimum Gasteiger partial charge on any atom is -0.455 e. The molecule has 3 rings (SSSR count). The Morgan fingerprint density at radius 2 is 1.56 bits per heavy atom. The number of rotatable bonds is 7. The van der Waals surface area contributed by atoms with E-state index in [0.717, 1.165) is 5.56 Å². The fourth-order valence-corrected chi connectivity index (χ4v) is 3.71. The summed E-state index contributed by atoms with van der Waals surface area (Å²) in [5.41, 5.74) is 1.08. The second-order valence-electron chi connectivity index (χ2n) is 5.84. The Bertz CT molecular complexity index is 937. The number of benzene rings is 2. The summed E-state index contributed by atoms with van der Waals surface area (Å²) in [5, 5.41) is 4.08. The van der Waals surface area contributed by atoms with Gasteiger partial charge in [-0.1, -0.05) is 35.3 Å². The molecule has 0 bridgehead atoms. The highest BCUT2D eigenvalue weighted by atomic mass is 35.5. The number of nitrogens with one attached hydrogen (secondary N) is 1. The largest absolute Gasteiger partial charge is 0.455 e. The number of carbonyl (C=O) groups is 1. The van der Waals surface area contributed by atoms with Crippen LogP contribution in [0.25, 0.3) is 0 Å². The molecule has 0 saturated heterocycles. The number of hydrogen-bond acceptors (Lipinski definition) is 3. The normalized spacial score (nSPS) is 11.9.